The lowest BCUT2D eigenvalue weighted by molar-refractivity contribution is -0.146. The van der Waals surface area contributed by atoms with Crippen LogP contribution in [0.2, 0.25) is 0 Å². The van der Waals surface area contributed by atoms with E-state index in [-0.39, 0.29) is 11.8 Å². The zero-order valence-corrected chi connectivity index (χ0v) is 19.5. The van der Waals surface area contributed by atoms with Crippen molar-refractivity contribution in [1.82, 2.24) is 4.90 Å². The monoisotopic (exact) mass is 455 g/mol. The normalized spacial score (nSPS) is 16.3. The first-order valence-electron chi connectivity index (χ1n) is 11.7. The number of rotatable bonds is 8. The van der Waals surface area contributed by atoms with E-state index in [2.05, 4.69) is 77.4 Å². The zero-order chi connectivity index (χ0) is 24.1. The average Bonchev–Trinajstić information content (AvgIpc) is 2.86. The average molecular weight is 456 g/mol. The number of carbonyl (C=O) groups is 2. The van der Waals surface area contributed by atoms with Crippen LogP contribution < -0.4 is 4.90 Å². The van der Waals surface area contributed by atoms with E-state index in [1.807, 2.05) is 24.3 Å². The van der Waals surface area contributed by atoms with E-state index in [0.29, 0.717) is 0 Å². The molecule has 0 amide bonds. The van der Waals surface area contributed by atoms with Crippen molar-refractivity contribution in [3.8, 4) is 0 Å². The van der Waals surface area contributed by atoms with Gasteiger partial charge in [0.15, 0.2) is 0 Å². The maximum atomic E-state index is 11.8. The van der Waals surface area contributed by atoms with Crippen LogP contribution in [0, 0.1) is 12.8 Å². The maximum absolute atomic E-state index is 11.8. The van der Waals surface area contributed by atoms with Crippen LogP contribution >= 0.6 is 0 Å². The summed E-state index contributed by atoms with van der Waals surface area (Å²) in [6, 6.07) is 29.3. The van der Waals surface area contributed by atoms with Gasteiger partial charge in [0, 0.05) is 37.8 Å². The van der Waals surface area contributed by atoms with Crippen molar-refractivity contribution in [2.45, 2.75) is 18.9 Å². The predicted molar refractivity (Wildman–Crippen MR) is 135 cm³/mol. The fraction of sp³-hybridized carbons (Fsp3) is 0.276. The Kier molecular flexibility index (Phi) is 7.43. The van der Waals surface area contributed by atoms with Crippen molar-refractivity contribution < 1.29 is 14.7 Å². The van der Waals surface area contributed by atoms with Crippen LogP contribution in [0.3, 0.4) is 0 Å². The van der Waals surface area contributed by atoms with Gasteiger partial charge in [-0.1, -0.05) is 72.8 Å². The number of Topliss-reactive ketones (excluding diaryl/α,β-unsaturated/α-hetero) is 1. The Labute approximate surface area is 201 Å². The topological polar surface area (TPSA) is 60.9 Å². The molecule has 1 saturated heterocycles. The number of anilines is 1. The lowest BCUT2D eigenvalue weighted by Gasteiger charge is -2.40. The molecule has 2 atom stereocenters. The molecule has 2 unspecified atom stereocenters. The largest absolute Gasteiger partial charge is 0.481 e. The Balaban J connectivity index is 1.46. The molecule has 1 radical (unpaired) electrons. The molecule has 1 fully saturated rings. The molecule has 175 valence electrons. The van der Waals surface area contributed by atoms with E-state index < -0.39 is 17.8 Å². The van der Waals surface area contributed by atoms with Gasteiger partial charge in [-0.15, -0.1) is 0 Å². The zero-order valence-electron chi connectivity index (χ0n) is 19.5. The molecule has 0 aromatic heterocycles. The summed E-state index contributed by atoms with van der Waals surface area (Å²) in [5.41, 5.74) is 4.46. The number of benzene rings is 3. The second kappa shape index (κ2) is 10.7. The first-order chi connectivity index (χ1) is 16.5. The van der Waals surface area contributed by atoms with Crippen molar-refractivity contribution in [3.63, 3.8) is 0 Å². The standard InChI is InChI=1S/C29H31N2O3/c1-21(27(22(2)32)29(33)34)23-13-15-26(16-14-23)30-17-19-31(20-18-30)28(24-9-5-3-6-10-24)25-11-7-4-8-12-25/h3-16,21,27-28H,1,17-20H2,2H3,(H,33,34). The maximum Gasteiger partial charge on any atom is 0.314 e. The molecule has 3 aromatic carbocycles. The van der Waals surface area contributed by atoms with Crippen molar-refractivity contribution in [2.24, 2.45) is 5.92 Å². The number of carbonyl (C=O) groups excluding carboxylic acids is 1. The van der Waals surface area contributed by atoms with Crippen LogP contribution in [0.1, 0.15) is 35.6 Å². The van der Waals surface area contributed by atoms with Crippen LogP contribution in [0.25, 0.3) is 0 Å². The van der Waals surface area contributed by atoms with Gasteiger partial charge >= 0.3 is 5.97 Å². The Morgan fingerprint density at radius 3 is 1.71 bits per heavy atom. The lowest BCUT2D eigenvalue weighted by atomic mass is 9.85. The molecule has 1 heterocycles. The molecule has 4 rings (SSSR count). The Morgan fingerprint density at radius 1 is 0.765 bits per heavy atom. The fourth-order valence-corrected chi connectivity index (χ4v) is 4.88. The van der Waals surface area contributed by atoms with Gasteiger partial charge in [0.05, 0.1) is 6.04 Å². The molecule has 0 bridgehead atoms. The van der Waals surface area contributed by atoms with E-state index in [9.17, 15) is 14.7 Å². The minimum Gasteiger partial charge on any atom is -0.481 e. The number of hydrogen-bond acceptors (Lipinski definition) is 4. The van der Waals surface area contributed by atoms with Crippen LogP contribution in [-0.4, -0.2) is 47.9 Å². The lowest BCUT2D eigenvalue weighted by Crippen LogP contribution is -2.48. The number of ketones is 1. The molecule has 0 saturated carbocycles. The van der Waals surface area contributed by atoms with Crippen LogP contribution in [0.5, 0.6) is 0 Å². The van der Waals surface area contributed by atoms with Crippen molar-refractivity contribution in [3.05, 3.63) is 109 Å². The molecule has 1 aliphatic rings. The molecule has 0 spiro atoms. The van der Waals surface area contributed by atoms with Gasteiger partial charge in [0.25, 0.3) is 0 Å². The van der Waals surface area contributed by atoms with E-state index in [4.69, 9.17) is 0 Å². The molecule has 5 heteroatoms. The van der Waals surface area contributed by atoms with Gasteiger partial charge in [0.2, 0.25) is 0 Å². The molecular formula is C29H31N2O3. The third kappa shape index (κ3) is 5.20. The Bertz CT molecular complexity index is 1040. The van der Waals surface area contributed by atoms with Gasteiger partial charge < -0.3 is 10.0 Å². The van der Waals surface area contributed by atoms with Crippen LogP contribution in [0.15, 0.2) is 84.9 Å². The first kappa shape index (κ1) is 23.7. The quantitative estimate of drug-likeness (QED) is 0.494. The summed E-state index contributed by atoms with van der Waals surface area (Å²) in [6.45, 7) is 8.92. The summed E-state index contributed by atoms with van der Waals surface area (Å²) in [7, 11) is 0. The van der Waals surface area contributed by atoms with E-state index >= 15 is 0 Å². The SMILES string of the molecule is [CH2]C(c1ccc(N2CCN(C(c3ccccc3)c3ccccc3)CC2)cc1)C(C(C)=O)C(=O)O. The summed E-state index contributed by atoms with van der Waals surface area (Å²) >= 11 is 0. The highest BCUT2D eigenvalue weighted by atomic mass is 16.4. The van der Waals surface area contributed by atoms with E-state index in [1.165, 1.54) is 18.1 Å². The molecule has 3 aromatic rings. The van der Waals surface area contributed by atoms with E-state index in [0.717, 1.165) is 37.4 Å². The second-order valence-electron chi connectivity index (χ2n) is 8.87. The van der Waals surface area contributed by atoms with Gasteiger partial charge in [-0.2, -0.15) is 0 Å². The van der Waals surface area contributed by atoms with Crippen LogP contribution in [-0.2, 0) is 9.59 Å². The highest BCUT2D eigenvalue weighted by Crippen LogP contribution is 2.31. The third-order valence-electron chi connectivity index (χ3n) is 6.70. The molecule has 1 N–H and O–H groups in total. The number of nitrogens with zero attached hydrogens (tertiary/aromatic N) is 2. The summed E-state index contributed by atoms with van der Waals surface area (Å²) in [5.74, 6) is -3.24. The van der Waals surface area contributed by atoms with Gasteiger partial charge in [0.1, 0.15) is 11.7 Å². The summed E-state index contributed by atoms with van der Waals surface area (Å²) in [5, 5.41) is 9.39. The van der Waals surface area contributed by atoms with Crippen molar-refractivity contribution >= 4 is 17.4 Å². The van der Waals surface area contributed by atoms with Gasteiger partial charge in [-0.3, -0.25) is 14.5 Å². The summed E-state index contributed by atoms with van der Waals surface area (Å²) < 4.78 is 0. The number of carboxylic acids is 1. The predicted octanol–water partition coefficient (Wildman–Crippen LogP) is 4.81. The third-order valence-corrected chi connectivity index (χ3v) is 6.70. The Morgan fingerprint density at radius 2 is 1.26 bits per heavy atom. The highest BCUT2D eigenvalue weighted by Gasteiger charge is 2.31. The number of hydrogen-bond donors (Lipinski definition) is 1. The second-order valence-corrected chi connectivity index (χ2v) is 8.87. The smallest absolute Gasteiger partial charge is 0.314 e. The summed E-state index contributed by atoms with van der Waals surface area (Å²) in [6.07, 6.45) is 0. The number of carboxylic acid groups (broad SMARTS) is 1. The minimum absolute atomic E-state index is 0.221. The summed E-state index contributed by atoms with van der Waals surface area (Å²) in [4.78, 5) is 28.1. The first-order valence-corrected chi connectivity index (χ1v) is 11.7. The van der Waals surface area contributed by atoms with Gasteiger partial charge in [-0.05, 0) is 42.7 Å². The molecule has 1 aliphatic heterocycles. The minimum atomic E-state index is -1.13. The van der Waals surface area contributed by atoms with Crippen LogP contribution in [0.4, 0.5) is 5.69 Å². The number of aliphatic carboxylic acids is 1. The highest BCUT2D eigenvalue weighted by molar-refractivity contribution is 5.98. The molecule has 0 aliphatic carbocycles. The molecule has 34 heavy (non-hydrogen) atoms. The van der Waals surface area contributed by atoms with Gasteiger partial charge in [-0.25, -0.2) is 0 Å². The fourth-order valence-electron chi connectivity index (χ4n) is 4.88. The van der Waals surface area contributed by atoms with E-state index in [1.54, 1.807) is 0 Å². The number of piperazine rings is 1. The molecular weight excluding hydrogens is 424 g/mol. The molecule has 5 nitrogen and oxygen atoms in total. The Hall–Kier alpha value is -3.44. The van der Waals surface area contributed by atoms with Crippen molar-refractivity contribution in [2.75, 3.05) is 31.1 Å². The van der Waals surface area contributed by atoms with Crippen molar-refractivity contribution in [1.29, 1.82) is 0 Å².